The largest absolute Gasteiger partial charge is 0.393 e. The summed E-state index contributed by atoms with van der Waals surface area (Å²) < 4.78 is 38.0. The average molecular weight is 260 g/mol. The van der Waals surface area contributed by atoms with E-state index >= 15 is 0 Å². The third-order valence-corrected chi connectivity index (χ3v) is 3.20. The van der Waals surface area contributed by atoms with E-state index in [1.165, 1.54) is 6.20 Å². The lowest BCUT2D eigenvalue weighted by Gasteiger charge is -2.34. The predicted octanol–water partition coefficient (Wildman–Crippen LogP) is 2.35. The Balaban J connectivity index is 2.08. The number of rotatable bonds is 2. The molecule has 0 amide bonds. The molecule has 1 aliphatic heterocycles. The van der Waals surface area contributed by atoms with Gasteiger partial charge in [-0.05, 0) is 24.5 Å². The minimum absolute atomic E-state index is 0.0328. The van der Waals surface area contributed by atoms with E-state index in [0.29, 0.717) is 24.3 Å². The number of hydrogen-bond donors (Lipinski definition) is 1. The second-order valence-corrected chi connectivity index (χ2v) is 4.51. The smallest absolute Gasteiger partial charge is 0.392 e. The number of anilines is 1. The van der Waals surface area contributed by atoms with Crippen molar-refractivity contribution < 1.29 is 18.3 Å². The van der Waals surface area contributed by atoms with Gasteiger partial charge in [-0.15, -0.1) is 0 Å². The van der Waals surface area contributed by atoms with Crippen molar-refractivity contribution in [3.8, 4) is 0 Å². The number of aromatic nitrogens is 1. The van der Waals surface area contributed by atoms with Crippen molar-refractivity contribution >= 4 is 5.82 Å². The molecule has 1 aromatic rings. The Morgan fingerprint density at radius 1 is 1.39 bits per heavy atom. The maximum atomic E-state index is 12.7. The van der Waals surface area contributed by atoms with Crippen LogP contribution >= 0.6 is 0 Å². The van der Waals surface area contributed by atoms with Crippen LogP contribution in [0.15, 0.2) is 18.3 Å². The summed E-state index contributed by atoms with van der Waals surface area (Å²) in [6.45, 7) is 0.450. The van der Waals surface area contributed by atoms with Gasteiger partial charge in [0.05, 0.1) is 12.5 Å². The van der Waals surface area contributed by atoms with Gasteiger partial charge < -0.3 is 10.0 Å². The van der Waals surface area contributed by atoms with Crippen molar-refractivity contribution in [2.75, 3.05) is 18.0 Å². The van der Waals surface area contributed by atoms with E-state index in [1.807, 2.05) is 0 Å². The van der Waals surface area contributed by atoms with Gasteiger partial charge >= 0.3 is 6.18 Å². The number of halogens is 3. The average Bonchev–Trinajstić information content (AvgIpc) is 2.38. The lowest BCUT2D eigenvalue weighted by Crippen LogP contribution is -2.42. The molecule has 0 saturated carbocycles. The second-order valence-electron chi connectivity index (χ2n) is 4.51. The highest BCUT2D eigenvalue weighted by molar-refractivity contribution is 5.39. The first-order valence-electron chi connectivity index (χ1n) is 5.88. The summed E-state index contributed by atoms with van der Waals surface area (Å²) in [4.78, 5) is 5.74. The van der Waals surface area contributed by atoms with Crippen LogP contribution in [0.1, 0.15) is 18.4 Å². The zero-order chi connectivity index (χ0) is 13.2. The van der Waals surface area contributed by atoms with Gasteiger partial charge in [0.1, 0.15) is 5.82 Å². The van der Waals surface area contributed by atoms with E-state index in [0.717, 1.165) is 0 Å². The number of alkyl halides is 3. The Bertz CT molecular complexity index is 391. The Kier molecular flexibility index (Phi) is 3.75. The number of piperidine rings is 1. The molecule has 1 unspecified atom stereocenters. The first-order chi connectivity index (χ1) is 8.50. The number of hydrogen-bond acceptors (Lipinski definition) is 3. The van der Waals surface area contributed by atoms with Crippen molar-refractivity contribution in [1.82, 2.24) is 4.98 Å². The van der Waals surface area contributed by atoms with Gasteiger partial charge in [0.25, 0.3) is 0 Å². The van der Waals surface area contributed by atoms with Gasteiger partial charge in [0.2, 0.25) is 0 Å². The summed E-state index contributed by atoms with van der Waals surface area (Å²) >= 11 is 0. The van der Waals surface area contributed by atoms with Gasteiger partial charge in [0, 0.05) is 19.3 Å². The topological polar surface area (TPSA) is 36.4 Å². The fraction of sp³-hybridized carbons (Fsp3) is 0.583. The molecule has 0 spiro atoms. The molecule has 1 atom stereocenters. The maximum absolute atomic E-state index is 12.7. The van der Waals surface area contributed by atoms with E-state index in [4.69, 9.17) is 5.11 Å². The highest BCUT2D eigenvalue weighted by Crippen LogP contribution is 2.34. The number of aliphatic hydroxyl groups excluding tert-OH is 1. The van der Waals surface area contributed by atoms with Crippen molar-refractivity contribution in [2.45, 2.75) is 25.6 Å². The minimum atomic E-state index is -4.14. The maximum Gasteiger partial charge on any atom is 0.393 e. The van der Waals surface area contributed by atoms with E-state index in [1.54, 1.807) is 17.0 Å². The van der Waals surface area contributed by atoms with Gasteiger partial charge in [-0.25, -0.2) is 4.98 Å². The van der Waals surface area contributed by atoms with Crippen molar-refractivity contribution in [3.63, 3.8) is 0 Å². The molecule has 100 valence electrons. The molecule has 1 saturated heterocycles. The van der Waals surface area contributed by atoms with E-state index in [-0.39, 0.29) is 19.6 Å². The molecule has 2 heterocycles. The monoisotopic (exact) mass is 260 g/mol. The summed E-state index contributed by atoms with van der Waals surface area (Å²) in [5.41, 5.74) is 0.656. The molecule has 2 rings (SSSR count). The van der Waals surface area contributed by atoms with Crippen LogP contribution in [0.2, 0.25) is 0 Å². The zero-order valence-corrected chi connectivity index (χ0v) is 9.82. The molecular formula is C12H15F3N2O. The zero-order valence-electron chi connectivity index (χ0n) is 9.82. The summed E-state index contributed by atoms with van der Waals surface area (Å²) in [5, 5.41) is 8.89. The summed E-state index contributed by atoms with van der Waals surface area (Å²) in [7, 11) is 0. The predicted molar refractivity (Wildman–Crippen MR) is 61.2 cm³/mol. The lowest BCUT2D eigenvalue weighted by molar-refractivity contribution is -0.176. The third-order valence-electron chi connectivity index (χ3n) is 3.20. The van der Waals surface area contributed by atoms with Gasteiger partial charge in [-0.1, -0.05) is 6.07 Å². The fourth-order valence-electron chi connectivity index (χ4n) is 2.15. The van der Waals surface area contributed by atoms with Crippen LogP contribution in [-0.2, 0) is 6.61 Å². The quantitative estimate of drug-likeness (QED) is 0.886. The van der Waals surface area contributed by atoms with Gasteiger partial charge in [0.15, 0.2) is 0 Å². The second kappa shape index (κ2) is 5.14. The van der Waals surface area contributed by atoms with Gasteiger partial charge in [-0.2, -0.15) is 13.2 Å². The summed E-state index contributed by atoms with van der Waals surface area (Å²) in [6, 6.07) is 3.34. The van der Waals surface area contributed by atoms with E-state index in [2.05, 4.69) is 4.98 Å². The van der Waals surface area contributed by atoms with Crippen LogP contribution < -0.4 is 4.90 Å². The molecule has 0 bridgehead atoms. The third kappa shape index (κ3) is 2.93. The Labute approximate surface area is 103 Å². The normalized spacial score (nSPS) is 21.1. The highest BCUT2D eigenvalue weighted by Gasteiger charge is 2.41. The molecular weight excluding hydrogens is 245 g/mol. The van der Waals surface area contributed by atoms with Gasteiger partial charge in [-0.3, -0.25) is 0 Å². The first kappa shape index (κ1) is 13.1. The van der Waals surface area contributed by atoms with Crippen LogP contribution in [0, 0.1) is 5.92 Å². The molecule has 1 aromatic heterocycles. The highest BCUT2D eigenvalue weighted by atomic mass is 19.4. The van der Waals surface area contributed by atoms with Crippen LogP contribution in [0.3, 0.4) is 0 Å². The molecule has 1 N–H and O–H groups in total. The molecule has 1 aliphatic rings. The molecule has 18 heavy (non-hydrogen) atoms. The van der Waals surface area contributed by atoms with Crippen molar-refractivity contribution in [2.24, 2.45) is 5.92 Å². The van der Waals surface area contributed by atoms with Crippen molar-refractivity contribution in [1.29, 1.82) is 0 Å². The Morgan fingerprint density at radius 3 is 2.72 bits per heavy atom. The van der Waals surface area contributed by atoms with Crippen LogP contribution in [0.25, 0.3) is 0 Å². The molecule has 1 fully saturated rings. The molecule has 3 nitrogen and oxygen atoms in total. The minimum Gasteiger partial charge on any atom is -0.392 e. The lowest BCUT2D eigenvalue weighted by atomic mass is 9.97. The number of pyridine rings is 1. The SMILES string of the molecule is OCc1ccc(N2CCCC(C(F)(F)F)C2)nc1. The van der Waals surface area contributed by atoms with Crippen LogP contribution in [0.5, 0.6) is 0 Å². The number of aliphatic hydroxyl groups is 1. The standard InChI is InChI=1S/C12H15F3N2O/c13-12(14,15)10-2-1-5-17(7-10)11-4-3-9(8-18)6-16-11/h3-4,6,10,18H,1-2,5,7-8H2. The molecule has 0 radical (unpaired) electrons. The van der Waals surface area contributed by atoms with Crippen LogP contribution in [0.4, 0.5) is 19.0 Å². The fourth-order valence-corrected chi connectivity index (χ4v) is 2.15. The molecule has 0 aliphatic carbocycles. The summed E-state index contributed by atoms with van der Waals surface area (Å²) in [5.74, 6) is -0.730. The Morgan fingerprint density at radius 2 is 2.17 bits per heavy atom. The molecule has 6 heteroatoms. The number of nitrogens with zero attached hydrogens (tertiary/aromatic N) is 2. The molecule has 0 aromatic carbocycles. The van der Waals surface area contributed by atoms with E-state index in [9.17, 15) is 13.2 Å². The summed E-state index contributed by atoms with van der Waals surface area (Å²) in [6.07, 6.45) is -1.93. The van der Waals surface area contributed by atoms with Crippen LogP contribution in [-0.4, -0.2) is 29.4 Å². The van der Waals surface area contributed by atoms with Crippen molar-refractivity contribution in [3.05, 3.63) is 23.9 Å². The van der Waals surface area contributed by atoms with E-state index < -0.39 is 12.1 Å². The first-order valence-corrected chi connectivity index (χ1v) is 5.88. The Hall–Kier alpha value is -1.30.